The predicted molar refractivity (Wildman–Crippen MR) is 221 cm³/mol. The summed E-state index contributed by atoms with van der Waals surface area (Å²) in [7, 11) is 0. The maximum Gasteiger partial charge on any atom is 0.164 e. The Kier molecular flexibility index (Phi) is 6.79. The van der Waals surface area contributed by atoms with Gasteiger partial charge < -0.3 is 8.98 Å². The number of aromatic nitrogens is 4. The van der Waals surface area contributed by atoms with Crippen LogP contribution in [-0.4, -0.2) is 19.5 Å². The van der Waals surface area contributed by atoms with E-state index in [4.69, 9.17) is 19.4 Å². The molecule has 3 aromatic heterocycles. The van der Waals surface area contributed by atoms with Crippen LogP contribution in [0, 0.1) is 0 Å². The molecule has 0 aliphatic rings. The molecular weight excluding hydrogens is 661 g/mol. The average molecular weight is 691 g/mol. The Hall–Kier alpha value is -7.37. The van der Waals surface area contributed by atoms with Crippen LogP contribution in [0.15, 0.2) is 186 Å². The highest BCUT2D eigenvalue weighted by Crippen LogP contribution is 2.42. The summed E-state index contributed by atoms with van der Waals surface area (Å²) in [5.41, 5.74) is 9.75. The number of furan rings is 1. The standard InChI is InChI=1S/C49H30N4O/c1-4-14-31(15-5-1)35-28-40(49-51-47(33-17-6-2-7-18-33)50-48(52-49)34-19-8-3-9-20-34)46-39-26-25-36(30-43(39)54-44(46)29-35)53-41-23-13-12-22-38(41)45-37-21-11-10-16-32(37)24-27-42(45)53/h1-30H. The van der Waals surface area contributed by atoms with E-state index in [1.807, 2.05) is 66.7 Å². The molecule has 5 heteroatoms. The van der Waals surface area contributed by atoms with Crippen LogP contribution in [-0.2, 0) is 0 Å². The van der Waals surface area contributed by atoms with E-state index < -0.39 is 0 Å². The topological polar surface area (TPSA) is 56.7 Å². The van der Waals surface area contributed by atoms with Crippen LogP contribution in [0.1, 0.15) is 0 Å². The highest BCUT2D eigenvalue weighted by Gasteiger charge is 2.21. The molecule has 0 aliphatic heterocycles. The number of rotatable bonds is 5. The van der Waals surface area contributed by atoms with E-state index in [2.05, 4.69) is 120 Å². The summed E-state index contributed by atoms with van der Waals surface area (Å²) in [6, 6.07) is 63.2. The lowest BCUT2D eigenvalue weighted by atomic mass is 9.98. The molecule has 0 fully saturated rings. The molecule has 0 unspecified atom stereocenters. The third-order valence-corrected chi connectivity index (χ3v) is 10.4. The summed E-state index contributed by atoms with van der Waals surface area (Å²) < 4.78 is 9.21. The minimum absolute atomic E-state index is 0.589. The van der Waals surface area contributed by atoms with E-state index in [0.717, 1.165) is 66.5 Å². The van der Waals surface area contributed by atoms with Gasteiger partial charge in [-0.15, -0.1) is 0 Å². The van der Waals surface area contributed by atoms with Gasteiger partial charge in [-0.05, 0) is 58.3 Å². The Morgan fingerprint density at radius 1 is 0.370 bits per heavy atom. The van der Waals surface area contributed by atoms with Crippen molar-refractivity contribution in [1.29, 1.82) is 0 Å². The smallest absolute Gasteiger partial charge is 0.164 e. The fraction of sp³-hybridized carbons (Fsp3) is 0. The van der Waals surface area contributed by atoms with Crippen molar-refractivity contribution < 1.29 is 4.42 Å². The van der Waals surface area contributed by atoms with Crippen LogP contribution < -0.4 is 0 Å². The Bertz CT molecular complexity index is 3140. The average Bonchev–Trinajstić information content (AvgIpc) is 3.79. The van der Waals surface area contributed by atoms with Gasteiger partial charge in [0, 0.05) is 50.0 Å². The molecule has 0 atom stereocenters. The van der Waals surface area contributed by atoms with Crippen molar-refractivity contribution >= 4 is 54.5 Å². The maximum absolute atomic E-state index is 6.86. The molecule has 0 saturated heterocycles. The zero-order chi connectivity index (χ0) is 35.6. The van der Waals surface area contributed by atoms with Gasteiger partial charge in [-0.3, -0.25) is 0 Å². The van der Waals surface area contributed by atoms with Crippen molar-refractivity contribution in [3.8, 4) is 51.0 Å². The van der Waals surface area contributed by atoms with Crippen LogP contribution in [0.3, 0.4) is 0 Å². The Labute approximate surface area is 310 Å². The first-order valence-corrected chi connectivity index (χ1v) is 18.1. The number of fused-ring (bicyclic) bond motifs is 8. The lowest BCUT2D eigenvalue weighted by Crippen LogP contribution is -2.00. The van der Waals surface area contributed by atoms with Gasteiger partial charge in [0.15, 0.2) is 17.5 Å². The molecule has 5 nitrogen and oxygen atoms in total. The molecule has 0 spiro atoms. The Morgan fingerprint density at radius 3 is 1.70 bits per heavy atom. The number of hydrogen-bond acceptors (Lipinski definition) is 4. The van der Waals surface area contributed by atoms with Gasteiger partial charge >= 0.3 is 0 Å². The molecule has 11 aromatic rings. The molecule has 0 aliphatic carbocycles. The molecule has 0 amide bonds. The summed E-state index contributed by atoms with van der Waals surface area (Å²) >= 11 is 0. The van der Waals surface area contributed by atoms with Gasteiger partial charge in [-0.25, -0.2) is 15.0 Å². The van der Waals surface area contributed by atoms with Gasteiger partial charge in [0.05, 0.1) is 11.0 Å². The van der Waals surface area contributed by atoms with Gasteiger partial charge in [-0.2, -0.15) is 0 Å². The van der Waals surface area contributed by atoms with E-state index in [1.54, 1.807) is 0 Å². The first kappa shape index (κ1) is 30.3. The molecule has 0 N–H and O–H groups in total. The number of hydrogen-bond donors (Lipinski definition) is 0. The lowest BCUT2D eigenvalue weighted by molar-refractivity contribution is 0.669. The lowest BCUT2D eigenvalue weighted by Gasteiger charge is -2.11. The third-order valence-electron chi connectivity index (χ3n) is 10.4. The van der Waals surface area contributed by atoms with Gasteiger partial charge in [0.25, 0.3) is 0 Å². The fourth-order valence-corrected chi connectivity index (χ4v) is 7.95. The molecule has 3 heterocycles. The SMILES string of the molecule is c1ccc(-c2cc(-c3nc(-c4ccccc4)nc(-c4ccccc4)n3)c3c(c2)oc2cc(-n4c5ccccc5c5c6ccccc6ccc54)ccc23)cc1. The minimum Gasteiger partial charge on any atom is -0.456 e. The molecule has 0 radical (unpaired) electrons. The van der Waals surface area contributed by atoms with Crippen molar-refractivity contribution in [1.82, 2.24) is 19.5 Å². The molecule has 8 aromatic carbocycles. The quantitative estimate of drug-likeness (QED) is 0.180. The third kappa shape index (κ3) is 4.83. The first-order chi connectivity index (χ1) is 26.8. The van der Waals surface area contributed by atoms with E-state index in [-0.39, 0.29) is 0 Å². The van der Waals surface area contributed by atoms with Crippen LogP contribution in [0.4, 0.5) is 0 Å². The van der Waals surface area contributed by atoms with Crippen molar-refractivity contribution in [3.63, 3.8) is 0 Å². The zero-order valence-electron chi connectivity index (χ0n) is 29.0. The van der Waals surface area contributed by atoms with Gasteiger partial charge in [0.1, 0.15) is 11.2 Å². The first-order valence-electron chi connectivity index (χ1n) is 18.1. The predicted octanol–water partition coefficient (Wildman–Crippen LogP) is 12.7. The number of benzene rings is 8. The zero-order valence-corrected chi connectivity index (χ0v) is 29.0. The Morgan fingerprint density at radius 2 is 0.981 bits per heavy atom. The second-order valence-corrected chi connectivity index (χ2v) is 13.6. The second-order valence-electron chi connectivity index (χ2n) is 13.6. The van der Waals surface area contributed by atoms with E-state index in [9.17, 15) is 0 Å². The van der Waals surface area contributed by atoms with Crippen LogP contribution in [0.5, 0.6) is 0 Å². The number of para-hydroxylation sites is 1. The molecule has 54 heavy (non-hydrogen) atoms. The summed E-state index contributed by atoms with van der Waals surface area (Å²) in [6.45, 7) is 0. The fourth-order valence-electron chi connectivity index (χ4n) is 7.95. The molecule has 0 bridgehead atoms. The van der Waals surface area contributed by atoms with Crippen LogP contribution in [0.2, 0.25) is 0 Å². The van der Waals surface area contributed by atoms with E-state index in [0.29, 0.717) is 17.5 Å². The van der Waals surface area contributed by atoms with Crippen molar-refractivity contribution in [2.75, 3.05) is 0 Å². The largest absolute Gasteiger partial charge is 0.456 e. The van der Waals surface area contributed by atoms with E-state index >= 15 is 0 Å². The normalized spacial score (nSPS) is 11.7. The minimum atomic E-state index is 0.589. The molecule has 252 valence electrons. The van der Waals surface area contributed by atoms with Gasteiger partial charge in [-0.1, -0.05) is 140 Å². The summed E-state index contributed by atoms with van der Waals surface area (Å²) in [6.07, 6.45) is 0. The summed E-state index contributed by atoms with van der Waals surface area (Å²) in [5, 5.41) is 6.91. The van der Waals surface area contributed by atoms with Crippen molar-refractivity contribution in [2.24, 2.45) is 0 Å². The highest BCUT2D eigenvalue weighted by molar-refractivity contribution is 6.21. The summed E-state index contributed by atoms with van der Waals surface area (Å²) in [4.78, 5) is 15.3. The number of nitrogens with zero attached hydrogens (tertiary/aromatic N) is 4. The van der Waals surface area contributed by atoms with Crippen LogP contribution in [0.25, 0.3) is 105 Å². The van der Waals surface area contributed by atoms with Crippen molar-refractivity contribution in [3.05, 3.63) is 182 Å². The monoisotopic (exact) mass is 690 g/mol. The van der Waals surface area contributed by atoms with Crippen LogP contribution >= 0.6 is 0 Å². The molecule has 0 saturated carbocycles. The van der Waals surface area contributed by atoms with Crippen molar-refractivity contribution in [2.45, 2.75) is 0 Å². The highest BCUT2D eigenvalue weighted by atomic mass is 16.3. The maximum atomic E-state index is 6.86. The van der Waals surface area contributed by atoms with E-state index in [1.165, 1.54) is 21.5 Å². The second kappa shape index (κ2) is 12.1. The summed E-state index contributed by atoms with van der Waals surface area (Å²) in [5.74, 6) is 1.82. The van der Waals surface area contributed by atoms with Gasteiger partial charge in [0.2, 0.25) is 0 Å². The Balaban J connectivity index is 1.18. The molecular formula is C49H30N4O. The molecule has 11 rings (SSSR count).